The molecular weight excluding hydrogens is 296 g/mol. The lowest BCUT2D eigenvalue weighted by atomic mass is 10.1. The van der Waals surface area contributed by atoms with Gasteiger partial charge in [-0.2, -0.15) is 0 Å². The molecule has 0 fully saturated rings. The third-order valence-corrected chi connectivity index (χ3v) is 2.82. The smallest absolute Gasteiger partial charge is 0.355 e. The fourth-order valence-electron chi connectivity index (χ4n) is 1.61. The van der Waals surface area contributed by atoms with E-state index in [9.17, 15) is 9.59 Å². The summed E-state index contributed by atoms with van der Waals surface area (Å²) >= 11 is 5.82. The normalized spacial score (nSPS) is 10.2. The van der Waals surface area contributed by atoms with Gasteiger partial charge >= 0.3 is 5.97 Å². The van der Waals surface area contributed by atoms with Crippen molar-refractivity contribution in [3.8, 4) is 5.75 Å². The number of carboxylic acids is 1. The molecule has 0 atom stereocenters. The molecule has 0 amide bonds. The second-order valence-electron chi connectivity index (χ2n) is 4.16. The van der Waals surface area contributed by atoms with Crippen molar-refractivity contribution in [2.24, 2.45) is 0 Å². The summed E-state index contributed by atoms with van der Waals surface area (Å²) in [5.74, 6) is -1.02. The van der Waals surface area contributed by atoms with Gasteiger partial charge in [-0.25, -0.2) is 14.8 Å². The number of carboxylic acid groups (broad SMARTS) is 1. The Balaban J connectivity index is 2.19. The summed E-state index contributed by atoms with van der Waals surface area (Å²) < 4.78 is 5.42. The van der Waals surface area contributed by atoms with Gasteiger partial charge in [0.15, 0.2) is 17.3 Å². The average molecular weight is 307 g/mol. The number of hydrogen-bond donors (Lipinski definition) is 1. The topological polar surface area (TPSA) is 89.4 Å². The van der Waals surface area contributed by atoms with Gasteiger partial charge < -0.3 is 9.84 Å². The number of Topliss-reactive ketones (excluding diaryl/α,β-unsaturated/α-hetero) is 1. The zero-order valence-electron chi connectivity index (χ0n) is 11.0. The van der Waals surface area contributed by atoms with Gasteiger partial charge in [0.2, 0.25) is 0 Å². The van der Waals surface area contributed by atoms with E-state index in [0.717, 1.165) is 0 Å². The Morgan fingerprint density at radius 2 is 2.14 bits per heavy atom. The highest BCUT2D eigenvalue weighted by Crippen LogP contribution is 2.18. The molecule has 1 aromatic heterocycles. The summed E-state index contributed by atoms with van der Waals surface area (Å²) in [7, 11) is 0. The number of rotatable bonds is 5. The summed E-state index contributed by atoms with van der Waals surface area (Å²) in [5.41, 5.74) is -0.365. The van der Waals surface area contributed by atoms with Gasteiger partial charge in [0.25, 0.3) is 0 Å². The minimum Gasteiger partial charge on any atom is -0.486 e. The van der Waals surface area contributed by atoms with Crippen LogP contribution in [-0.2, 0) is 6.61 Å². The summed E-state index contributed by atoms with van der Waals surface area (Å²) in [6.45, 7) is 1.23. The first kappa shape index (κ1) is 14.9. The number of halogens is 1. The van der Waals surface area contributed by atoms with E-state index in [1.165, 1.54) is 13.1 Å². The molecule has 6 nitrogen and oxygen atoms in total. The van der Waals surface area contributed by atoms with Crippen LogP contribution in [0, 0.1) is 0 Å². The predicted molar refractivity (Wildman–Crippen MR) is 74.8 cm³/mol. The summed E-state index contributed by atoms with van der Waals surface area (Å²) in [6.07, 6.45) is 1.19. The van der Waals surface area contributed by atoms with Crippen molar-refractivity contribution in [1.29, 1.82) is 0 Å². The fraction of sp³-hybridized carbons (Fsp3) is 0.143. The van der Waals surface area contributed by atoms with Crippen LogP contribution in [-0.4, -0.2) is 26.8 Å². The summed E-state index contributed by atoms with van der Waals surface area (Å²) in [4.78, 5) is 30.2. The van der Waals surface area contributed by atoms with Crippen molar-refractivity contribution in [2.45, 2.75) is 13.5 Å². The standard InChI is InChI=1S/C14H11ClN2O4/c1-8(18)11-6-16-12(17-13(11)14(19)20)7-21-10-4-2-3-9(15)5-10/h2-6H,7H2,1H3,(H,19,20). The van der Waals surface area contributed by atoms with E-state index in [-0.39, 0.29) is 23.7 Å². The van der Waals surface area contributed by atoms with Gasteiger partial charge in [-0.15, -0.1) is 0 Å². The van der Waals surface area contributed by atoms with Crippen molar-refractivity contribution < 1.29 is 19.4 Å². The van der Waals surface area contributed by atoms with Gasteiger partial charge in [-0.05, 0) is 25.1 Å². The third-order valence-electron chi connectivity index (χ3n) is 2.58. The molecule has 2 aromatic rings. The number of aromatic carboxylic acids is 1. The van der Waals surface area contributed by atoms with Crippen LogP contribution >= 0.6 is 11.6 Å². The Labute approximate surface area is 125 Å². The maximum absolute atomic E-state index is 11.3. The van der Waals surface area contributed by atoms with Crippen molar-refractivity contribution >= 4 is 23.4 Å². The molecular formula is C14H11ClN2O4. The van der Waals surface area contributed by atoms with Gasteiger partial charge in [0.1, 0.15) is 12.4 Å². The van der Waals surface area contributed by atoms with Crippen LogP contribution in [0.15, 0.2) is 30.5 Å². The van der Waals surface area contributed by atoms with E-state index in [1.54, 1.807) is 24.3 Å². The zero-order chi connectivity index (χ0) is 15.4. The first-order valence-corrected chi connectivity index (χ1v) is 6.33. The lowest BCUT2D eigenvalue weighted by molar-refractivity contribution is 0.0684. The van der Waals surface area contributed by atoms with E-state index < -0.39 is 11.8 Å². The van der Waals surface area contributed by atoms with E-state index in [1.807, 2.05) is 0 Å². The zero-order valence-corrected chi connectivity index (χ0v) is 11.8. The Hall–Kier alpha value is -2.47. The number of ether oxygens (including phenoxy) is 1. The van der Waals surface area contributed by atoms with Gasteiger partial charge in [-0.1, -0.05) is 17.7 Å². The van der Waals surface area contributed by atoms with Gasteiger partial charge in [-0.3, -0.25) is 4.79 Å². The first-order valence-electron chi connectivity index (χ1n) is 5.96. The Kier molecular flexibility index (Phi) is 4.49. The van der Waals surface area contributed by atoms with Crippen LogP contribution < -0.4 is 4.74 Å². The molecule has 0 saturated heterocycles. The average Bonchev–Trinajstić information content (AvgIpc) is 2.44. The highest BCUT2D eigenvalue weighted by Gasteiger charge is 2.17. The SMILES string of the molecule is CC(=O)c1cnc(COc2cccc(Cl)c2)nc1C(=O)O. The van der Waals surface area contributed by atoms with E-state index in [2.05, 4.69) is 9.97 Å². The fourth-order valence-corrected chi connectivity index (χ4v) is 1.79. The molecule has 1 aromatic carbocycles. The second-order valence-corrected chi connectivity index (χ2v) is 4.59. The number of ketones is 1. The second kappa shape index (κ2) is 6.32. The molecule has 108 valence electrons. The molecule has 1 heterocycles. The predicted octanol–water partition coefficient (Wildman–Crippen LogP) is 2.61. The van der Waals surface area contributed by atoms with Crippen molar-refractivity contribution in [1.82, 2.24) is 9.97 Å². The Morgan fingerprint density at radius 3 is 2.76 bits per heavy atom. The van der Waals surface area contributed by atoms with Crippen LogP contribution in [0.3, 0.4) is 0 Å². The van der Waals surface area contributed by atoms with Crippen LogP contribution in [0.2, 0.25) is 5.02 Å². The molecule has 0 aliphatic rings. The lowest BCUT2D eigenvalue weighted by Crippen LogP contribution is -2.13. The number of nitrogens with zero attached hydrogens (tertiary/aromatic N) is 2. The number of aromatic nitrogens is 2. The van der Waals surface area contributed by atoms with Crippen LogP contribution in [0.5, 0.6) is 5.75 Å². The summed E-state index contributed by atoms with van der Waals surface area (Å²) in [5, 5.41) is 9.58. The van der Waals surface area contributed by atoms with Crippen LogP contribution in [0.25, 0.3) is 0 Å². The molecule has 7 heteroatoms. The van der Waals surface area contributed by atoms with E-state index in [4.69, 9.17) is 21.4 Å². The van der Waals surface area contributed by atoms with E-state index >= 15 is 0 Å². The Bertz CT molecular complexity index is 703. The number of carbonyl (C=O) groups is 2. The first-order chi connectivity index (χ1) is 9.97. The quantitative estimate of drug-likeness (QED) is 0.854. The van der Waals surface area contributed by atoms with Crippen molar-refractivity contribution in [3.63, 3.8) is 0 Å². The van der Waals surface area contributed by atoms with Crippen molar-refractivity contribution in [3.05, 3.63) is 52.6 Å². The van der Waals surface area contributed by atoms with E-state index in [0.29, 0.717) is 10.8 Å². The molecule has 0 radical (unpaired) electrons. The monoisotopic (exact) mass is 306 g/mol. The number of carbonyl (C=O) groups excluding carboxylic acids is 1. The molecule has 1 N–H and O–H groups in total. The van der Waals surface area contributed by atoms with Gasteiger partial charge in [0.05, 0.1) is 5.56 Å². The van der Waals surface area contributed by atoms with Crippen molar-refractivity contribution in [2.75, 3.05) is 0 Å². The lowest BCUT2D eigenvalue weighted by Gasteiger charge is -2.07. The minimum atomic E-state index is -1.29. The number of hydrogen-bond acceptors (Lipinski definition) is 5. The molecule has 0 spiro atoms. The molecule has 2 rings (SSSR count). The minimum absolute atomic E-state index is 0.0290. The largest absolute Gasteiger partial charge is 0.486 e. The number of benzene rings is 1. The molecule has 0 bridgehead atoms. The maximum Gasteiger partial charge on any atom is 0.355 e. The highest BCUT2D eigenvalue weighted by molar-refractivity contribution is 6.30. The molecule has 0 saturated carbocycles. The van der Waals surface area contributed by atoms with Crippen LogP contribution in [0.1, 0.15) is 33.6 Å². The Morgan fingerprint density at radius 1 is 1.38 bits per heavy atom. The molecule has 0 aliphatic heterocycles. The maximum atomic E-state index is 11.3. The third kappa shape index (κ3) is 3.76. The molecule has 0 aliphatic carbocycles. The molecule has 0 unspecified atom stereocenters. The molecule has 21 heavy (non-hydrogen) atoms. The van der Waals surface area contributed by atoms with Crippen LogP contribution in [0.4, 0.5) is 0 Å². The summed E-state index contributed by atoms with van der Waals surface area (Å²) in [6, 6.07) is 6.74. The highest BCUT2D eigenvalue weighted by atomic mass is 35.5. The van der Waals surface area contributed by atoms with Gasteiger partial charge in [0, 0.05) is 11.2 Å².